The molecule has 0 heterocycles. The van der Waals surface area contributed by atoms with Gasteiger partial charge in [-0.1, -0.05) is 6.07 Å². The third-order valence-corrected chi connectivity index (χ3v) is 5.31. The van der Waals surface area contributed by atoms with Gasteiger partial charge in [0.15, 0.2) is 5.78 Å². The Bertz CT molecular complexity index is 812. The fourth-order valence-corrected chi connectivity index (χ4v) is 3.65. The molecule has 2 aromatic carbocycles. The molecule has 1 amide bonds. The summed E-state index contributed by atoms with van der Waals surface area (Å²) in [6.07, 6.45) is 0. The van der Waals surface area contributed by atoms with Gasteiger partial charge >= 0.3 is 0 Å². The van der Waals surface area contributed by atoms with E-state index in [4.69, 9.17) is 4.74 Å². The van der Waals surface area contributed by atoms with Crippen LogP contribution in [0.1, 0.15) is 47.8 Å². The van der Waals surface area contributed by atoms with Crippen molar-refractivity contribution in [1.29, 1.82) is 0 Å². The number of anilines is 1. The van der Waals surface area contributed by atoms with Crippen molar-refractivity contribution in [2.75, 3.05) is 11.9 Å². The lowest BCUT2D eigenvalue weighted by Gasteiger charge is -2.15. The van der Waals surface area contributed by atoms with E-state index in [0.717, 1.165) is 28.1 Å². The number of benzene rings is 2. The van der Waals surface area contributed by atoms with Crippen molar-refractivity contribution in [3.8, 4) is 5.75 Å². The van der Waals surface area contributed by atoms with Crippen molar-refractivity contribution in [2.45, 2.75) is 45.6 Å². The summed E-state index contributed by atoms with van der Waals surface area (Å²) in [4.78, 5) is 24.2. The van der Waals surface area contributed by atoms with Crippen LogP contribution < -0.4 is 10.1 Å². The number of rotatable bonds is 8. The number of ether oxygens (including phenoxy) is 1. The standard InChI is InChI=1S/C22H27NO3S/c1-6-26-21-8-7-18(16(4)24)12-19(21)13-27-17(5)22(25)23-20-10-14(2)9-15(3)11-20/h7-12,17H,6,13H2,1-5H3,(H,23,25). The molecule has 0 spiro atoms. The number of Topliss-reactive ketones (excluding diaryl/α,β-unsaturated/α-hetero) is 1. The van der Waals surface area contributed by atoms with Gasteiger partial charge in [0.05, 0.1) is 11.9 Å². The summed E-state index contributed by atoms with van der Waals surface area (Å²) in [6.45, 7) is 9.94. The largest absolute Gasteiger partial charge is 0.494 e. The molecule has 0 bridgehead atoms. The van der Waals surface area contributed by atoms with E-state index in [-0.39, 0.29) is 16.9 Å². The maximum absolute atomic E-state index is 12.5. The normalized spacial score (nSPS) is 11.7. The van der Waals surface area contributed by atoms with Crippen LogP contribution in [0.25, 0.3) is 0 Å². The Morgan fingerprint density at radius 2 is 1.78 bits per heavy atom. The van der Waals surface area contributed by atoms with Gasteiger partial charge in [-0.15, -0.1) is 11.8 Å². The molecule has 0 saturated carbocycles. The minimum Gasteiger partial charge on any atom is -0.494 e. The zero-order valence-electron chi connectivity index (χ0n) is 16.6. The molecule has 0 fully saturated rings. The van der Waals surface area contributed by atoms with Crippen LogP contribution in [0.3, 0.4) is 0 Å². The Kier molecular flexibility index (Phi) is 7.48. The number of carbonyl (C=O) groups excluding carboxylic acids is 2. The Morgan fingerprint density at radius 3 is 2.37 bits per heavy atom. The maximum Gasteiger partial charge on any atom is 0.237 e. The number of nitrogens with one attached hydrogen (secondary N) is 1. The average Bonchev–Trinajstić information content (AvgIpc) is 2.59. The first kappa shape index (κ1) is 21.0. The summed E-state index contributed by atoms with van der Waals surface area (Å²) in [5, 5.41) is 2.75. The van der Waals surface area contributed by atoms with E-state index in [1.54, 1.807) is 13.0 Å². The van der Waals surface area contributed by atoms with Crippen molar-refractivity contribution >= 4 is 29.1 Å². The molecular weight excluding hydrogens is 358 g/mol. The molecule has 1 unspecified atom stereocenters. The highest BCUT2D eigenvalue weighted by Crippen LogP contribution is 2.28. The summed E-state index contributed by atoms with van der Waals surface area (Å²) in [6, 6.07) is 11.5. The van der Waals surface area contributed by atoms with Crippen LogP contribution in [-0.4, -0.2) is 23.5 Å². The van der Waals surface area contributed by atoms with Gasteiger partial charge in [0.2, 0.25) is 5.91 Å². The molecule has 0 aliphatic heterocycles. The van der Waals surface area contributed by atoms with Gasteiger partial charge in [0.1, 0.15) is 5.75 Å². The Morgan fingerprint density at radius 1 is 1.11 bits per heavy atom. The van der Waals surface area contributed by atoms with Crippen molar-refractivity contribution in [3.05, 3.63) is 58.7 Å². The molecule has 27 heavy (non-hydrogen) atoms. The fourth-order valence-electron chi connectivity index (χ4n) is 2.79. The van der Waals surface area contributed by atoms with E-state index < -0.39 is 0 Å². The van der Waals surface area contributed by atoms with E-state index >= 15 is 0 Å². The number of carbonyl (C=O) groups is 2. The van der Waals surface area contributed by atoms with Crippen LogP contribution in [0.5, 0.6) is 5.75 Å². The van der Waals surface area contributed by atoms with Crippen LogP contribution in [-0.2, 0) is 10.5 Å². The van der Waals surface area contributed by atoms with Crippen molar-refractivity contribution in [3.63, 3.8) is 0 Å². The summed E-state index contributed by atoms with van der Waals surface area (Å²) < 4.78 is 5.66. The Balaban J connectivity index is 2.05. The lowest BCUT2D eigenvalue weighted by atomic mass is 10.1. The molecule has 1 N–H and O–H groups in total. The van der Waals surface area contributed by atoms with Crippen molar-refractivity contribution in [2.24, 2.45) is 0 Å². The fraction of sp³-hybridized carbons (Fsp3) is 0.364. The van der Waals surface area contributed by atoms with Gasteiger partial charge in [-0.25, -0.2) is 0 Å². The van der Waals surface area contributed by atoms with Crippen molar-refractivity contribution < 1.29 is 14.3 Å². The van der Waals surface area contributed by atoms with Gasteiger partial charge in [-0.3, -0.25) is 9.59 Å². The van der Waals surface area contributed by atoms with E-state index in [9.17, 15) is 9.59 Å². The second kappa shape index (κ2) is 9.60. The molecule has 2 aromatic rings. The van der Waals surface area contributed by atoms with Crippen LogP contribution >= 0.6 is 11.8 Å². The van der Waals surface area contributed by atoms with Crippen LogP contribution in [0, 0.1) is 13.8 Å². The Labute approximate surface area is 165 Å². The predicted molar refractivity (Wildman–Crippen MR) is 113 cm³/mol. The molecule has 0 aliphatic carbocycles. The molecule has 0 aromatic heterocycles. The van der Waals surface area contributed by atoms with Gasteiger partial charge in [-0.05, 0) is 76.1 Å². The Hall–Kier alpha value is -2.27. The quantitative estimate of drug-likeness (QED) is 0.637. The molecular formula is C22H27NO3S. The second-order valence-electron chi connectivity index (χ2n) is 6.63. The first-order chi connectivity index (χ1) is 12.8. The van der Waals surface area contributed by atoms with E-state index in [1.165, 1.54) is 11.8 Å². The zero-order valence-corrected chi connectivity index (χ0v) is 17.4. The van der Waals surface area contributed by atoms with E-state index in [1.807, 2.05) is 52.0 Å². The number of aryl methyl sites for hydroxylation is 2. The molecule has 0 radical (unpaired) electrons. The third kappa shape index (κ3) is 6.14. The minimum atomic E-state index is -0.235. The highest BCUT2D eigenvalue weighted by molar-refractivity contribution is 7.99. The molecule has 1 atom stereocenters. The molecule has 0 aliphatic rings. The van der Waals surface area contributed by atoms with Gasteiger partial charge in [0, 0.05) is 22.6 Å². The molecule has 0 saturated heterocycles. The SMILES string of the molecule is CCOc1ccc(C(C)=O)cc1CSC(C)C(=O)Nc1cc(C)cc(C)c1. The number of hydrogen-bond donors (Lipinski definition) is 1. The number of amides is 1. The smallest absolute Gasteiger partial charge is 0.237 e. The number of hydrogen-bond acceptors (Lipinski definition) is 4. The summed E-state index contributed by atoms with van der Waals surface area (Å²) >= 11 is 1.52. The first-order valence-corrected chi connectivity index (χ1v) is 10.1. The molecule has 2 rings (SSSR count). The third-order valence-electron chi connectivity index (χ3n) is 4.11. The number of ketones is 1. The lowest BCUT2D eigenvalue weighted by molar-refractivity contribution is -0.115. The first-order valence-electron chi connectivity index (χ1n) is 9.07. The molecule has 5 heteroatoms. The summed E-state index contributed by atoms with van der Waals surface area (Å²) in [5.41, 5.74) is 4.64. The summed E-state index contributed by atoms with van der Waals surface area (Å²) in [5.74, 6) is 1.34. The van der Waals surface area contributed by atoms with Crippen LogP contribution in [0.4, 0.5) is 5.69 Å². The molecule has 4 nitrogen and oxygen atoms in total. The highest BCUT2D eigenvalue weighted by Gasteiger charge is 2.16. The maximum atomic E-state index is 12.5. The van der Waals surface area contributed by atoms with Gasteiger partial charge < -0.3 is 10.1 Å². The number of thioether (sulfide) groups is 1. The average molecular weight is 386 g/mol. The monoisotopic (exact) mass is 385 g/mol. The van der Waals surface area contributed by atoms with Crippen LogP contribution in [0.15, 0.2) is 36.4 Å². The second-order valence-corrected chi connectivity index (χ2v) is 7.96. The minimum absolute atomic E-state index is 0.0184. The van der Waals surface area contributed by atoms with Gasteiger partial charge in [0.25, 0.3) is 0 Å². The van der Waals surface area contributed by atoms with Gasteiger partial charge in [-0.2, -0.15) is 0 Å². The lowest BCUT2D eigenvalue weighted by Crippen LogP contribution is -2.22. The van der Waals surface area contributed by atoms with Crippen LogP contribution in [0.2, 0.25) is 0 Å². The van der Waals surface area contributed by atoms with E-state index in [0.29, 0.717) is 17.9 Å². The highest BCUT2D eigenvalue weighted by atomic mass is 32.2. The summed E-state index contributed by atoms with van der Waals surface area (Å²) in [7, 11) is 0. The predicted octanol–water partition coefficient (Wildman–Crippen LogP) is 5.17. The van der Waals surface area contributed by atoms with Crippen molar-refractivity contribution in [1.82, 2.24) is 0 Å². The topological polar surface area (TPSA) is 55.4 Å². The van der Waals surface area contributed by atoms with E-state index in [2.05, 4.69) is 11.4 Å². The molecule has 144 valence electrons. The zero-order chi connectivity index (χ0) is 20.0.